The summed E-state index contributed by atoms with van der Waals surface area (Å²) in [6, 6.07) is -0.549. The molecular formula is C68H131NO5. The van der Waals surface area contributed by atoms with Crippen molar-refractivity contribution in [2.75, 3.05) is 13.2 Å². The Labute approximate surface area is 462 Å². The first-order valence-corrected chi connectivity index (χ1v) is 33.6. The van der Waals surface area contributed by atoms with Crippen LogP contribution in [0.5, 0.6) is 0 Å². The van der Waals surface area contributed by atoms with Crippen LogP contribution in [0.25, 0.3) is 0 Å². The van der Waals surface area contributed by atoms with Gasteiger partial charge < -0.3 is 20.3 Å². The Hall–Kier alpha value is -1.66. The van der Waals surface area contributed by atoms with E-state index in [0.29, 0.717) is 25.9 Å². The van der Waals surface area contributed by atoms with Crippen LogP contribution >= 0.6 is 0 Å². The molecule has 0 heterocycles. The van der Waals surface area contributed by atoms with E-state index in [1.165, 1.54) is 295 Å². The highest BCUT2D eigenvalue weighted by Gasteiger charge is 2.20. The standard InChI is InChI=1S/C68H131NO5/c1-3-5-7-9-11-13-15-17-19-21-22-25-29-32-36-40-44-48-52-56-60-66(71)65(64-70)69-67(72)61-57-53-49-45-41-37-33-30-26-23-24-27-31-35-39-43-47-51-55-59-63-74-68(73)62-58-54-50-46-42-38-34-28-20-18-16-14-12-10-8-6-4-2/h18,20,23,26,65-66,70-71H,3-17,19,21-22,24-25,27-64H2,1-2H3,(H,69,72)/b20-18-,26-23-. The largest absolute Gasteiger partial charge is 0.466 e. The molecule has 0 fully saturated rings. The number of unbranched alkanes of at least 4 members (excludes halogenated alkanes) is 48. The fourth-order valence-electron chi connectivity index (χ4n) is 10.6. The second-order valence-corrected chi connectivity index (χ2v) is 23.1. The molecule has 0 rings (SSSR count). The topological polar surface area (TPSA) is 95.9 Å². The van der Waals surface area contributed by atoms with Crippen molar-refractivity contribution in [3.8, 4) is 0 Å². The van der Waals surface area contributed by atoms with Gasteiger partial charge in [0.15, 0.2) is 0 Å². The summed E-state index contributed by atoms with van der Waals surface area (Å²) in [7, 11) is 0. The van der Waals surface area contributed by atoms with Gasteiger partial charge in [0.25, 0.3) is 0 Å². The van der Waals surface area contributed by atoms with Crippen molar-refractivity contribution in [2.24, 2.45) is 0 Å². The zero-order valence-corrected chi connectivity index (χ0v) is 50.1. The number of nitrogens with one attached hydrogen (secondary N) is 1. The molecule has 0 aliphatic rings. The summed E-state index contributed by atoms with van der Waals surface area (Å²) in [5.74, 6) is -0.0363. The summed E-state index contributed by atoms with van der Waals surface area (Å²) in [6.07, 6.45) is 79.1. The number of carbonyl (C=O) groups excluding carboxylic acids is 2. The third-order valence-electron chi connectivity index (χ3n) is 15.7. The van der Waals surface area contributed by atoms with Crippen LogP contribution in [-0.2, 0) is 14.3 Å². The predicted octanol–water partition coefficient (Wildman–Crippen LogP) is 21.4. The van der Waals surface area contributed by atoms with E-state index in [1.807, 2.05) is 0 Å². The molecule has 0 aromatic carbocycles. The van der Waals surface area contributed by atoms with Crippen molar-refractivity contribution >= 4 is 11.9 Å². The number of amides is 1. The zero-order valence-electron chi connectivity index (χ0n) is 50.1. The number of hydrogen-bond acceptors (Lipinski definition) is 5. The normalized spacial score (nSPS) is 12.6. The summed E-state index contributed by atoms with van der Waals surface area (Å²) >= 11 is 0. The lowest BCUT2D eigenvalue weighted by molar-refractivity contribution is -0.143. The van der Waals surface area contributed by atoms with E-state index in [9.17, 15) is 19.8 Å². The molecule has 0 aromatic heterocycles. The average molecular weight is 1040 g/mol. The van der Waals surface area contributed by atoms with Crippen LogP contribution < -0.4 is 5.32 Å². The van der Waals surface area contributed by atoms with Crippen molar-refractivity contribution in [2.45, 2.75) is 386 Å². The number of allylic oxidation sites excluding steroid dienone is 4. The molecule has 0 saturated carbocycles. The van der Waals surface area contributed by atoms with E-state index < -0.39 is 12.1 Å². The van der Waals surface area contributed by atoms with Gasteiger partial charge in [-0.3, -0.25) is 9.59 Å². The number of ether oxygens (including phenoxy) is 1. The first-order chi connectivity index (χ1) is 36.5. The van der Waals surface area contributed by atoms with Crippen LogP contribution in [0.3, 0.4) is 0 Å². The van der Waals surface area contributed by atoms with Crippen molar-refractivity contribution in [1.29, 1.82) is 0 Å². The quantitative estimate of drug-likeness (QED) is 0.0320. The third kappa shape index (κ3) is 59.6. The van der Waals surface area contributed by atoms with Gasteiger partial charge in [-0.25, -0.2) is 0 Å². The fourth-order valence-corrected chi connectivity index (χ4v) is 10.6. The van der Waals surface area contributed by atoms with E-state index >= 15 is 0 Å². The maximum Gasteiger partial charge on any atom is 0.305 e. The zero-order chi connectivity index (χ0) is 53.6. The molecular weight excluding hydrogens is 911 g/mol. The molecule has 0 aliphatic heterocycles. The van der Waals surface area contributed by atoms with Gasteiger partial charge in [-0.1, -0.05) is 308 Å². The van der Waals surface area contributed by atoms with Crippen LogP contribution in [0.4, 0.5) is 0 Å². The van der Waals surface area contributed by atoms with E-state index in [4.69, 9.17) is 4.74 Å². The van der Waals surface area contributed by atoms with E-state index in [2.05, 4.69) is 43.5 Å². The van der Waals surface area contributed by atoms with Gasteiger partial charge in [-0.15, -0.1) is 0 Å². The van der Waals surface area contributed by atoms with Gasteiger partial charge in [0.05, 0.1) is 25.4 Å². The highest BCUT2D eigenvalue weighted by molar-refractivity contribution is 5.76. The molecule has 2 unspecified atom stereocenters. The maximum absolute atomic E-state index is 12.5. The van der Waals surface area contributed by atoms with Crippen molar-refractivity contribution < 1.29 is 24.5 Å². The molecule has 0 bridgehead atoms. The Morgan fingerprint density at radius 2 is 0.635 bits per heavy atom. The molecule has 3 N–H and O–H groups in total. The van der Waals surface area contributed by atoms with Gasteiger partial charge >= 0.3 is 5.97 Å². The minimum absolute atomic E-state index is 0.00377. The minimum atomic E-state index is -0.671. The number of aliphatic hydroxyl groups is 2. The number of aliphatic hydroxyl groups excluding tert-OH is 2. The molecule has 0 aromatic rings. The number of carbonyl (C=O) groups is 2. The second kappa shape index (κ2) is 63.9. The molecule has 2 atom stereocenters. The number of rotatable bonds is 63. The van der Waals surface area contributed by atoms with Crippen LogP contribution in [0.2, 0.25) is 0 Å². The molecule has 1 amide bonds. The number of esters is 1. The second-order valence-electron chi connectivity index (χ2n) is 23.1. The van der Waals surface area contributed by atoms with E-state index in [0.717, 1.165) is 44.9 Å². The Morgan fingerprint density at radius 3 is 0.959 bits per heavy atom. The van der Waals surface area contributed by atoms with Gasteiger partial charge in [0.1, 0.15) is 0 Å². The third-order valence-corrected chi connectivity index (χ3v) is 15.7. The van der Waals surface area contributed by atoms with Crippen molar-refractivity contribution in [3.05, 3.63) is 24.3 Å². The lowest BCUT2D eigenvalue weighted by Gasteiger charge is -2.22. The molecule has 0 spiro atoms. The number of hydrogen-bond donors (Lipinski definition) is 3. The lowest BCUT2D eigenvalue weighted by Crippen LogP contribution is -2.45. The molecule has 6 heteroatoms. The summed E-state index contributed by atoms with van der Waals surface area (Å²) in [6.45, 7) is 4.97. The molecule has 6 nitrogen and oxygen atoms in total. The molecule has 438 valence electrons. The Balaban J connectivity index is 3.42. The average Bonchev–Trinajstić information content (AvgIpc) is 3.40. The summed E-state index contributed by atoms with van der Waals surface area (Å²) in [5.41, 5.74) is 0. The van der Waals surface area contributed by atoms with E-state index in [-0.39, 0.29) is 18.5 Å². The molecule has 0 aliphatic carbocycles. The van der Waals surface area contributed by atoms with Gasteiger partial charge in [0.2, 0.25) is 5.91 Å². The molecule has 0 radical (unpaired) electrons. The predicted molar refractivity (Wildman–Crippen MR) is 324 cm³/mol. The van der Waals surface area contributed by atoms with Crippen molar-refractivity contribution in [3.63, 3.8) is 0 Å². The van der Waals surface area contributed by atoms with Gasteiger partial charge in [-0.2, -0.15) is 0 Å². The summed E-state index contributed by atoms with van der Waals surface area (Å²) in [4.78, 5) is 24.6. The smallest absolute Gasteiger partial charge is 0.305 e. The summed E-state index contributed by atoms with van der Waals surface area (Å²) < 4.78 is 5.49. The Bertz CT molecular complexity index is 1150. The minimum Gasteiger partial charge on any atom is -0.466 e. The SMILES string of the molecule is CCCCCCCC/C=C\CCCCCCCCCC(=O)OCCCCCCCCCCC/C=C\CCCCCCCCCC(=O)NC(CO)C(O)CCCCCCCCCCCCCCCCCCCCCC. The van der Waals surface area contributed by atoms with Crippen LogP contribution in [0, 0.1) is 0 Å². The van der Waals surface area contributed by atoms with Gasteiger partial charge in [-0.05, 0) is 77.0 Å². The highest BCUT2D eigenvalue weighted by Crippen LogP contribution is 2.18. The molecule has 74 heavy (non-hydrogen) atoms. The summed E-state index contributed by atoms with van der Waals surface area (Å²) in [5, 5.41) is 23.4. The Morgan fingerprint density at radius 1 is 0.365 bits per heavy atom. The maximum atomic E-state index is 12.5. The highest BCUT2D eigenvalue weighted by atomic mass is 16.5. The first kappa shape index (κ1) is 72.3. The molecule has 0 saturated heterocycles. The van der Waals surface area contributed by atoms with Gasteiger partial charge in [0, 0.05) is 12.8 Å². The monoisotopic (exact) mass is 1040 g/mol. The fraction of sp³-hybridized carbons (Fsp3) is 0.912. The van der Waals surface area contributed by atoms with Crippen molar-refractivity contribution in [1.82, 2.24) is 5.32 Å². The Kier molecular flexibility index (Phi) is 62.4. The first-order valence-electron chi connectivity index (χ1n) is 33.6. The van der Waals surface area contributed by atoms with E-state index in [1.54, 1.807) is 0 Å². The van der Waals surface area contributed by atoms with Crippen LogP contribution in [-0.4, -0.2) is 47.4 Å². The van der Waals surface area contributed by atoms with Crippen LogP contribution in [0.15, 0.2) is 24.3 Å². The lowest BCUT2D eigenvalue weighted by atomic mass is 10.0. The van der Waals surface area contributed by atoms with Crippen LogP contribution in [0.1, 0.15) is 373 Å².